The van der Waals surface area contributed by atoms with Gasteiger partial charge in [-0.15, -0.1) is 10.2 Å². The highest BCUT2D eigenvalue weighted by atomic mass is 35.5. The van der Waals surface area contributed by atoms with Gasteiger partial charge in [-0.1, -0.05) is 11.6 Å². The first-order chi connectivity index (χ1) is 14.0. The molecule has 1 aliphatic heterocycles. The smallest absolute Gasteiger partial charge is 0.295 e. The third-order valence-electron chi connectivity index (χ3n) is 4.75. The van der Waals surface area contributed by atoms with Gasteiger partial charge in [0.1, 0.15) is 5.82 Å². The molecule has 29 heavy (non-hydrogen) atoms. The van der Waals surface area contributed by atoms with E-state index in [0.717, 1.165) is 18.6 Å². The lowest BCUT2D eigenvalue weighted by molar-refractivity contribution is 0.0231. The summed E-state index contributed by atoms with van der Waals surface area (Å²) >= 11 is 6.12. The van der Waals surface area contributed by atoms with E-state index in [1.165, 1.54) is 24.3 Å². The van der Waals surface area contributed by atoms with Crippen molar-refractivity contribution in [2.45, 2.75) is 6.67 Å². The summed E-state index contributed by atoms with van der Waals surface area (Å²) in [5, 5.41) is 19.6. The van der Waals surface area contributed by atoms with Crippen LogP contribution in [-0.4, -0.2) is 46.8 Å². The molecule has 1 N–H and O–H groups in total. The summed E-state index contributed by atoms with van der Waals surface area (Å²) in [6.45, 7) is 3.18. The van der Waals surface area contributed by atoms with E-state index in [1.807, 2.05) is 0 Å². The van der Waals surface area contributed by atoms with Gasteiger partial charge in [0.05, 0.1) is 25.4 Å². The number of azo groups is 1. The third-order valence-corrected chi connectivity index (χ3v) is 4.98. The molecule has 0 bridgehead atoms. The number of fused-ring (bicyclic) bond motifs is 1. The maximum atomic E-state index is 13.0. The van der Waals surface area contributed by atoms with Crippen molar-refractivity contribution in [3.8, 4) is 5.88 Å². The zero-order chi connectivity index (χ0) is 20.4. The molecule has 4 rings (SSSR count). The number of rotatable bonds is 4. The monoisotopic (exact) mass is 416 g/mol. The summed E-state index contributed by atoms with van der Waals surface area (Å²) < 4.78 is 20.1. The fourth-order valence-electron chi connectivity index (χ4n) is 3.23. The lowest BCUT2D eigenvalue weighted by Crippen LogP contribution is -2.37. The Hall–Kier alpha value is -2.81. The van der Waals surface area contributed by atoms with E-state index in [0.29, 0.717) is 30.3 Å². The van der Waals surface area contributed by atoms with Crippen LogP contribution in [0.25, 0.3) is 10.9 Å². The SMILES string of the molecule is O=C(N=Nc1c(O)n(CN2CCOCC2)c2ccc(Cl)cc12)c1ccc(F)cc1. The second-order valence-electron chi connectivity index (χ2n) is 6.65. The van der Waals surface area contributed by atoms with E-state index in [-0.39, 0.29) is 17.1 Å². The molecule has 1 saturated heterocycles. The lowest BCUT2D eigenvalue weighted by Gasteiger charge is -2.27. The van der Waals surface area contributed by atoms with Crippen LogP contribution in [0.15, 0.2) is 52.7 Å². The van der Waals surface area contributed by atoms with E-state index < -0.39 is 11.7 Å². The second kappa shape index (κ2) is 8.28. The van der Waals surface area contributed by atoms with Crippen molar-refractivity contribution >= 4 is 34.1 Å². The highest BCUT2D eigenvalue weighted by Crippen LogP contribution is 2.40. The standard InChI is InChI=1S/C20H18ClFN4O3/c21-14-3-6-17-16(11-14)18(20(28)26(17)12-25-7-9-29-10-8-25)23-24-19(27)13-1-4-15(22)5-2-13/h1-6,11,28H,7-10,12H2. The van der Waals surface area contributed by atoms with Gasteiger partial charge in [0.2, 0.25) is 5.88 Å². The van der Waals surface area contributed by atoms with E-state index in [2.05, 4.69) is 15.1 Å². The number of benzene rings is 2. The third kappa shape index (κ3) is 4.14. The summed E-state index contributed by atoms with van der Waals surface area (Å²) in [7, 11) is 0. The van der Waals surface area contributed by atoms with Crippen LogP contribution in [0.3, 0.4) is 0 Å². The molecule has 1 amide bonds. The minimum absolute atomic E-state index is 0.107. The number of hydrogen-bond acceptors (Lipinski definition) is 5. The molecular formula is C20H18ClFN4O3. The largest absolute Gasteiger partial charge is 0.493 e. The van der Waals surface area contributed by atoms with Gasteiger partial charge in [-0.25, -0.2) is 4.39 Å². The highest BCUT2D eigenvalue weighted by molar-refractivity contribution is 6.31. The average molecular weight is 417 g/mol. The molecule has 0 aliphatic carbocycles. The number of hydrogen-bond donors (Lipinski definition) is 1. The van der Waals surface area contributed by atoms with Crippen LogP contribution in [-0.2, 0) is 11.4 Å². The van der Waals surface area contributed by atoms with Crippen molar-refractivity contribution in [1.82, 2.24) is 9.47 Å². The maximum Gasteiger partial charge on any atom is 0.295 e. The molecule has 0 spiro atoms. The highest BCUT2D eigenvalue weighted by Gasteiger charge is 2.20. The predicted octanol–water partition coefficient (Wildman–Crippen LogP) is 4.35. The molecule has 9 heteroatoms. The van der Waals surface area contributed by atoms with Gasteiger partial charge >= 0.3 is 0 Å². The number of nitrogens with zero attached hydrogens (tertiary/aromatic N) is 4. The number of morpholine rings is 1. The van der Waals surface area contributed by atoms with E-state index in [1.54, 1.807) is 22.8 Å². The van der Waals surface area contributed by atoms with Crippen molar-refractivity contribution in [3.05, 3.63) is 58.9 Å². The molecule has 2 heterocycles. The van der Waals surface area contributed by atoms with Gasteiger partial charge in [0.15, 0.2) is 5.69 Å². The first-order valence-electron chi connectivity index (χ1n) is 9.05. The van der Waals surface area contributed by atoms with E-state index >= 15 is 0 Å². The maximum absolute atomic E-state index is 13.0. The molecule has 0 unspecified atom stereocenters. The molecule has 3 aromatic rings. The van der Waals surface area contributed by atoms with Crippen molar-refractivity contribution in [1.29, 1.82) is 0 Å². The van der Waals surface area contributed by atoms with Crippen LogP contribution in [0.5, 0.6) is 5.88 Å². The number of aromatic nitrogens is 1. The normalized spacial score (nSPS) is 15.4. The van der Waals surface area contributed by atoms with Crippen LogP contribution in [0, 0.1) is 5.82 Å². The van der Waals surface area contributed by atoms with E-state index in [4.69, 9.17) is 16.3 Å². The molecular weight excluding hydrogens is 399 g/mol. The van der Waals surface area contributed by atoms with Crippen molar-refractivity contribution < 1.29 is 19.0 Å². The fraction of sp³-hybridized carbons (Fsp3) is 0.250. The van der Waals surface area contributed by atoms with Crippen molar-refractivity contribution in [2.24, 2.45) is 10.2 Å². The Labute approximate surface area is 171 Å². The lowest BCUT2D eigenvalue weighted by atomic mass is 10.2. The molecule has 2 aromatic carbocycles. The Morgan fingerprint density at radius 3 is 2.62 bits per heavy atom. The second-order valence-corrected chi connectivity index (χ2v) is 7.08. The zero-order valence-corrected chi connectivity index (χ0v) is 16.1. The number of carbonyl (C=O) groups is 1. The van der Waals surface area contributed by atoms with Crippen LogP contribution in [0.4, 0.5) is 10.1 Å². The van der Waals surface area contributed by atoms with Crippen LogP contribution in [0.2, 0.25) is 5.02 Å². The molecule has 0 saturated carbocycles. The number of ether oxygens (including phenoxy) is 1. The van der Waals surface area contributed by atoms with Gasteiger partial charge in [0.25, 0.3) is 5.91 Å². The molecule has 1 aromatic heterocycles. The summed E-state index contributed by atoms with van der Waals surface area (Å²) in [4.78, 5) is 14.4. The summed E-state index contributed by atoms with van der Waals surface area (Å²) in [5.74, 6) is -1.19. The first kappa shape index (κ1) is 19.5. The summed E-state index contributed by atoms with van der Waals surface area (Å²) in [6.07, 6.45) is 0. The molecule has 0 radical (unpaired) electrons. The van der Waals surface area contributed by atoms with Crippen LogP contribution in [0.1, 0.15) is 10.4 Å². The topological polar surface area (TPSA) is 79.4 Å². The fourth-order valence-corrected chi connectivity index (χ4v) is 3.40. The molecule has 0 atom stereocenters. The minimum Gasteiger partial charge on any atom is -0.493 e. The Balaban J connectivity index is 1.69. The number of amides is 1. The summed E-state index contributed by atoms with van der Waals surface area (Å²) in [6, 6.07) is 10.2. The molecule has 150 valence electrons. The quantitative estimate of drug-likeness (QED) is 0.641. The van der Waals surface area contributed by atoms with Crippen LogP contribution < -0.4 is 0 Å². The van der Waals surface area contributed by atoms with Gasteiger partial charge in [-0.3, -0.25) is 14.3 Å². The predicted molar refractivity (Wildman–Crippen MR) is 106 cm³/mol. The average Bonchev–Trinajstić information content (AvgIpc) is 2.98. The van der Waals surface area contributed by atoms with Gasteiger partial charge in [-0.05, 0) is 42.5 Å². The van der Waals surface area contributed by atoms with Gasteiger partial charge in [0, 0.05) is 29.1 Å². The first-order valence-corrected chi connectivity index (χ1v) is 9.43. The molecule has 7 nitrogen and oxygen atoms in total. The summed E-state index contributed by atoms with van der Waals surface area (Å²) in [5.41, 5.74) is 1.08. The molecule has 1 aliphatic rings. The Morgan fingerprint density at radius 1 is 1.17 bits per heavy atom. The van der Waals surface area contributed by atoms with E-state index in [9.17, 15) is 14.3 Å². The van der Waals surface area contributed by atoms with Crippen molar-refractivity contribution in [3.63, 3.8) is 0 Å². The Bertz CT molecular complexity index is 1080. The zero-order valence-electron chi connectivity index (χ0n) is 15.4. The van der Waals surface area contributed by atoms with Gasteiger partial charge < -0.3 is 9.84 Å². The van der Waals surface area contributed by atoms with Gasteiger partial charge in [-0.2, -0.15) is 0 Å². The molecule has 1 fully saturated rings. The number of carbonyl (C=O) groups excluding carboxylic acids is 1. The van der Waals surface area contributed by atoms with Crippen molar-refractivity contribution in [2.75, 3.05) is 26.3 Å². The number of aromatic hydroxyl groups is 1. The number of halogens is 2. The Morgan fingerprint density at radius 2 is 1.90 bits per heavy atom. The Kier molecular flexibility index (Phi) is 5.57. The minimum atomic E-state index is -0.638. The van der Waals surface area contributed by atoms with Crippen LogP contribution >= 0.6 is 11.6 Å².